The quantitative estimate of drug-likeness (QED) is 0.770. The van der Waals surface area contributed by atoms with Crippen LogP contribution in [0.3, 0.4) is 0 Å². The summed E-state index contributed by atoms with van der Waals surface area (Å²) in [7, 11) is 3.31. The van der Waals surface area contributed by atoms with Crippen molar-refractivity contribution < 1.29 is 14.3 Å². The molecule has 3 rings (SSSR count). The Labute approximate surface area is 148 Å². The third kappa shape index (κ3) is 3.66. The lowest BCUT2D eigenvalue weighted by Crippen LogP contribution is -2.30. The fraction of sp³-hybridized carbons (Fsp3) is 0.632. The van der Waals surface area contributed by atoms with Crippen LogP contribution in [0.2, 0.25) is 0 Å². The van der Waals surface area contributed by atoms with Crippen molar-refractivity contribution in [3.8, 4) is 11.5 Å². The minimum atomic E-state index is 0.0335. The number of nitrogens with zero attached hydrogens (tertiary/aromatic N) is 1. The molecule has 1 atom stereocenters. The van der Waals surface area contributed by atoms with Crippen LogP contribution < -0.4 is 9.47 Å². The first kappa shape index (κ1) is 17.5. The molecule has 1 unspecified atom stereocenters. The summed E-state index contributed by atoms with van der Waals surface area (Å²) in [5.74, 6) is 3.48. The van der Waals surface area contributed by atoms with Crippen molar-refractivity contribution in [3.05, 3.63) is 23.8 Å². The molecule has 4 nitrogen and oxygen atoms in total. The Morgan fingerprint density at radius 1 is 1.25 bits per heavy atom. The van der Waals surface area contributed by atoms with Crippen LogP contribution in [0.15, 0.2) is 18.2 Å². The molecule has 1 aliphatic carbocycles. The predicted octanol–water partition coefficient (Wildman–Crippen LogP) is 4.25. The first-order valence-electron chi connectivity index (χ1n) is 8.86. The zero-order valence-electron chi connectivity index (χ0n) is 14.6. The summed E-state index contributed by atoms with van der Waals surface area (Å²) in [6, 6.07) is 5.91. The monoisotopic (exact) mass is 349 g/mol. The highest BCUT2D eigenvalue weighted by atomic mass is 32.2. The maximum atomic E-state index is 12.8. The number of carbonyl (C=O) groups excluding carboxylic acids is 1. The van der Waals surface area contributed by atoms with Crippen molar-refractivity contribution in [1.82, 2.24) is 4.90 Å². The van der Waals surface area contributed by atoms with Crippen molar-refractivity contribution in [2.24, 2.45) is 5.92 Å². The molecule has 0 spiro atoms. The maximum Gasteiger partial charge on any atom is 0.223 e. The van der Waals surface area contributed by atoms with Crippen LogP contribution in [0.25, 0.3) is 0 Å². The van der Waals surface area contributed by atoms with Gasteiger partial charge in [-0.3, -0.25) is 4.79 Å². The molecule has 1 amide bonds. The zero-order chi connectivity index (χ0) is 16.9. The molecule has 1 aliphatic heterocycles. The number of carbonyl (C=O) groups is 1. The van der Waals surface area contributed by atoms with E-state index in [2.05, 4.69) is 0 Å². The van der Waals surface area contributed by atoms with E-state index in [4.69, 9.17) is 9.47 Å². The highest BCUT2D eigenvalue weighted by molar-refractivity contribution is 7.99. The van der Waals surface area contributed by atoms with Gasteiger partial charge in [-0.1, -0.05) is 37.8 Å². The zero-order valence-corrected chi connectivity index (χ0v) is 15.4. The van der Waals surface area contributed by atoms with E-state index in [0.717, 1.165) is 41.7 Å². The fourth-order valence-electron chi connectivity index (χ4n) is 3.86. The molecule has 0 aromatic heterocycles. The molecule has 132 valence electrons. The summed E-state index contributed by atoms with van der Waals surface area (Å²) in [6.07, 6.45) is 6.99. The van der Waals surface area contributed by atoms with E-state index in [1.54, 1.807) is 14.2 Å². The predicted molar refractivity (Wildman–Crippen MR) is 97.7 cm³/mol. The summed E-state index contributed by atoms with van der Waals surface area (Å²) >= 11 is 1.81. The Hall–Kier alpha value is -1.36. The van der Waals surface area contributed by atoms with Gasteiger partial charge in [-0.25, -0.2) is 0 Å². The SMILES string of the molecule is COc1cccc(C2SCCN2C(=O)CCC2CCCC2)c1OC. The Bertz CT molecular complexity index is 572. The van der Waals surface area contributed by atoms with Crippen LogP contribution in [-0.2, 0) is 4.79 Å². The molecule has 2 aliphatic rings. The number of hydrogen-bond acceptors (Lipinski definition) is 4. The molecule has 0 radical (unpaired) electrons. The van der Waals surface area contributed by atoms with Gasteiger partial charge in [-0.2, -0.15) is 0 Å². The normalized spacial score (nSPS) is 21.2. The molecule has 0 N–H and O–H groups in total. The topological polar surface area (TPSA) is 38.8 Å². The molecule has 2 fully saturated rings. The number of rotatable bonds is 6. The lowest BCUT2D eigenvalue weighted by molar-refractivity contribution is -0.131. The van der Waals surface area contributed by atoms with Gasteiger partial charge in [0.15, 0.2) is 11.5 Å². The maximum absolute atomic E-state index is 12.8. The van der Waals surface area contributed by atoms with E-state index >= 15 is 0 Å². The number of methoxy groups -OCH3 is 2. The number of benzene rings is 1. The molecular formula is C19H27NO3S. The van der Waals surface area contributed by atoms with Gasteiger partial charge in [0.2, 0.25) is 5.91 Å². The average molecular weight is 349 g/mol. The second-order valence-electron chi connectivity index (χ2n) is 6.58. The van der Waals surface area contributed by atoms with Gasteiger partial charge >= 0.3 is 0 Å². The van der Waals surface area contributed by atoms with Crippen LogP contribution >= 0.6 is 11.8 Å². The van der Waals surface area contributed by atoms with Gasteiger partial charge in [0.1, 0.15) is 5.37 Å². The third-order valence-corrected chi connectivity index (χ3v) is 6.39. The van der Waals surface area contributed by atoms with Gasteiger partial charge < -0.3 is 14.4 Å². The number of para-hydroxylation sites is 1. The Morgan fingerprint density at radius 3 is 2.75 bits per heavy atom. The number of hydrogen-bond donors (Lipinski definition) is 0. The lowest BCUT2D eigenvalue weighted by Gasteiger charge is -2.26. The Balaban J connectivity index is 1.72. The van der Waals surface area contributed by atoms with E-state index in [9.17, 15) is 4.79 Å². The highest BCUT2D eigenvalue weighted by Crippen LogP contribution is 2.45. The lowest BCUT2D eigenvalue weighted by atomic mass is 10.0. The third-order valence-electron chi connectivity index (χ3n) is 5.15. The standard InChI is InChI=1S/C19H27NO3S/c1-22-16-9-5-8-15(18(16)23-2)19-20(12-13-24-19)17(21)11-10-14-6-3-4-7-14/h5,8-9,14,19H,3-4,6-7,10-13H2,1-2H3. The highest BCUT2D eigenvalue weighted by Gasteiger charge is 2.33. The van der Waals surface area contributed by atoms with Crippen molar-refractivity contribution >= 4 is 17.7 Å². The van der Waals surface area contributed by atoms with Crippen LogP contribution in [0.5, 0.6) is 11.5 Å². The minimum absolute atomic E-state index is 0.0335. The summed E-state index contributed by atoms with van der Waals surface area (Å²) < 4.78 is 11.0. The molecule has 0 bridgehead atoms. The van der Waals surface area contributed by atoms with Gasteiger partial charge in [0.05, 0.1) is 14.2 Å². The first-order valence-corrected chi connectivity index (χ1v) is 9.91. The smallest absolute Gasteiger partial charge is 0.223 e. The van der Waals surface area contributed by atoms with Gasteiger partial charge in [0.25, 0.3) is 0 Å². The average Bonchev–Trinajstić information content (AvgIpc) is 3.30. The van der Waals surface area contributed by atoms with E-state index in [1.165, 1.54) is 25.7 Å². The van der Waals surface area contributed by atoms with Crippen LogP contribution in [0.1, 0.15) is 49.5 Å². The van der Waals surface area contributed by atoms with E-state index in [1.807, 2.05) is 34.9 Å². The number of amides is 1. The van der Waals surface area contributed by atoms with Crippen molar-refractivity contribution in [3.63, 3.8) is 0 Å². The molecule has 1 heterocycles. The summed E-state index contributed by atoms with van der Waals surface area (Å²) in [6.45, 7) is 0.819. The Kier molecular flexibility index (Phi) is 5.93. The largest absolute Gasteiger partial charge is 0.493 e. The van der Waals surface area contributed by atoms with E-state index in [-0.39, 0.29) is 11.3 Å². The van der Waals surface area contributed by atoms with Crippen molar-refractivity contribution in [2.45, 2.75) is 43.9 Å². The summed E-state index contributed by atoms with van der Waals surface area (Å²) in [4.78, 5) is 14.8. The first-order chi connectivity index (χ1) is 11.7. The molecule has 1 aromatic carbocycles. The van der Waals surface area contributed by atoms with Gasteiger partial charge in [0, 0.05) is 24.3 Å². The molecular weight excluding hydrogens is 322 g/mol. The summed E-state index contributed by atoms with van der Waals surface area (Å²) in [5.41, 5.74) is 1.04. The van der Waals surface area contributed by atoms with Gasteiger partial charge in [-0.05, 0) is 18.4 Å². The minimum Gasteiger partial charge on any atom is -0.493 e. The van der Waals surface area contributed by atoms with Crippen LogP contribution in [0, 0.1) is 5.92 Å². The molecule has 1 aromatic rings. The van der Waals surface area contributed by atoms with Crippen molar-refractivity contribution in [2.75, 3.05) is 26.5 Å². The second-order valence-corrected chi connectivity index (χ2v) is 7.77. The molecule has 1 saturated carbocycles. The van der Waals surface area contributed by atoms with E-state index < -0.39 is 0 Å². The van der Waals surface area contributed by atoms with Gasteiger partial charge in [-0.15, -0.1) is 11.8 Å². The van der Waals surface area contributed by atoms with E-state index in [0.29, 0.717) is 6.42 Å². The Morgan fingerprint density at radius 2 is 2.04 bits per heavy atom. The summed E-state index contributed by atoms with van der Waals surface area (Å²) in [5, 5.41) is 0.0335. The van der Waals surface area contributed by atoms with Crippen LogP contribution in [-0.4, -0.2) is 37.3 Å². The molecule has 24 heavy (non-hydrogen) atoms. The van der Waals surface area contributed by atoms with Crippen molar-refractivity contribution in [1.29, 1.82) is 0 Å². The molecule has 1 saturated heterocycles. The molecule has 5 heteroatoms. The number of ether oxygens (including phenoxy) is 2. The second kappa shape index (κ2) is 8.15. The fourth-order valence-corrected chi connectivity index (χ4v) is 5.15. The number of thioether (sulfide) groups is 1. The van der Waals surface area contributed by atoms with Crippen LogP contribution in [0.4, 0.5) is 0 Å².